The number of fused-ring (bicyclic) bond motifs is 1. The number of Topliss-reactive ketones (excluding diaryl/α,β-unsaturated/α-hetero) is 1. The summed E-state index contributed by atoms with van der Waals surface area (Å²) in [5.41, 5.74) is 0.680. The molecular weight excluding hydrogens is 422 g/mol. The van der Waals surface area contributed by atoms with Crippen LogP contribution in [0.25, 0.3) is 0 Å². The van der Waals surface area contributed by atoms with Crippen LogP contribution in [0.15, 0.2) is 24.3 Å². The SMILES string of the molecule is CS(=O)(=O)Nc1ccc(C(=O)N[C@H](C(=O)N2CC[C@H]3OCC(=O)[C@H]32)C2CCCC2)cc1. The monoisotopic (exact) mass is 449 g/mol. The maximum atomic E-state index is 13.4. The highest BCUT2D eigenvalue weighted by molar-refractivity contribution is 7.92. The fourth-order valence-electron chi connectivity index (χ4n) is 4.82. The fraction of sp³-hybridized carbons (Fsp3) is 0.571. The Morgan fingerprint density at radius 1 is 1.13 bits per heavy atom. The molecule has 2 saturated heterocycles. The molecule has 1 aromatic rings. The van der Waals surface area contributed by atoms with Crippen molar-refractivity contribution in [2.75, 3.05) is 24.1 Å². The molecule has 2 N–H and O–H groups in total. The minimum atomic E-state index is -3.41. The minimum absolute atomic E-state index is 0.0269. The molecule has 10 heteroatoms. The van der Waals surface area contributed by atoms with Crippen LogP contribution in [0.1, 0.15) is 42.5 Å². The van der Waals surface area contributed by atoms with E-state index in [0.717, 1.165) is 31.9 Å². The zero-order chi connectivity index (χ0) is 22.2. The molecule has 0 unspecified atom stereocenters. The maximum absolute atomic E-state index is 13.4. The molecule has 9 nitrogen and oxygen atoms in total. The molecule has 31 heavy (non-hydrogen) atoms. The number of benzene rings is 1. The first-order chi connectivity index (χ1) is 14.7. The van der Waals surface area contributed by atoms with Crippen LogP contribution in [0.3, 0.4) is 0 Å². The van der Waals surface area contributed by atoms with Gasteiger partial charge in [-0.1, -0.05) is 12.8 Å². The highest BCUT2D eigenvalue weighted by atomic mass is 32.2. The fourth-order valence-corrected chi connectivity index (χ4v) is 5.38. The highest BCUT2D eigenvalue weighted by Gasteiger charge is 2.49. The van der Waals surface area contributed by atoms with Crippen LogP contribution < -0.4 is 10.0 Å². The molecule has 0 bridgehead atoms. The minimum Gasteiger partial charge on any atom is -0.368 e. The molecule has 3 atom stereocenters. The Labute approximate surface area is 181 Å². The van der Waals surface area contributed by atoms with Crippen molar-refractivity contribution >= 4 is 33.3 Å². The van der Waals surface area contributed by atoms with Gasteiger partial charge >= 0.3 is 0 Å². The van der Waals surface area contributed by atoms with Gasteiger partial charge in [0, 0.05) is 17.8 Å². The molecule has 3 fully saturated rings. The Kier molecular flexibility index (Phi) is 6.02. The van der Waals surface area contributed by atoms with Crippen LogP contribution in [0.2, 0.25) is 0 Å². The topological polar surface area (TPSA) is 122 Å². The summed E-state index contributed by atoms with van der Waals surface area (Å²) in [7, 11) is -3.41. The van der Waals surface area contributed by atoms with Crippen LogP contribution in [0.5, 0.6) is 0 Å². The molecule has 0 radical (unpaired) electrons. The third kappa shape index (κ3) is 4.74. The van der Waals surface area contributed by atoms with Crippen molar-refractivity contribution in [1.29, 1.82) is 0 Å². The number of hydrogen-bond donors (Lipinski definition) is 2. The number of amides is 2. The Hall–Kier alpha value is -2.46. The van der Waals surface area contributed by atoms with Gasteiger partial charge in [-0.05, 0) is 49.4 Å². The first kappa shape index (κ1) is 21.8. The zero-order valence-electron chi connectivity index (χ0n) is 17.4. The summed E-state index contributed by atoms with van der Waals surface area (Å²) in [5.74, 6) is -0.678. The van der Waals surface area contributed by atoms with Gasteiger partial charge in [-0.15, -0.1) is 0 Å². The number of ketones is 1. The molecule has 2 heterocycles. The lowest BCUT2D eigenvalue weighted by molar-refractivity contribution is -0.139. The smallest absolute Gasteiger partial charge is 0.251 e. The van der Waals surface area contributed by atoms with E-state index in [1.165, 1.54) is 24.3 Å². The second kappa shape index (κ2) is 8.58. The van der Waals surface area contributed by atoms with Gasteiger partial charge in [0.15, 0.2) is 5.78 Å². The lowest BCUT2D eigenvalue weighted by Gasteiger charge is -2.30. The average molecular weight is 450 g/mol. The van der Waals surface area contributed by atoms with E-state index < -0.39 is 28.0 Å². The van der Waals surface area contributed by atoms with Crippen molar-refractivity contribution in [3.8, 4) is 0 Å². The highest BCUT2D eigenvalue weighted by Crippen LogP contribution is 2.32. The average Bonchev–Trinajstić information content (AvgIpc) is 3.44. The van der Waals surface area contributed by atoms with Crippen LogP contribution >= 0.6 is 0 Å². The molecule has 2 amide bonds. The number of ether oxygens (including phenoxy) is 1. The first-order valence-electron chi connectivity index (χ1n) is 10.6. The number of hydrogen-bond acceptors (Lipinski definition) is 6. The number of carbonyl (C=O) groups is 3. The van der Waals surface area contributed by atoms with Gasteiger partial charge in [-0.25, -0.2) is 8.42 Å². The van der Waals surface area contributed by atoms with Gasteiger partial charge in [0.25, 0.3) is 5.91 Å². The molecule has 168 valence electrons. The van der Waals surface area contributed by atoms with Crippen LogP contribution in [0, 0.1) is 5.92 Å². The summed E-state index contributed by atoms with van der Waals surface area (Å²) in [5, 5.41) is 2.89. The number of nitrogens with zero attached hydrogens (tertiary/aromatic N) is 1. The van der Waals surface area contributed by atoms with E-state index in [4.69, 9.17) is 4.74 Å². The molecule has 4 rings (SSSR count). The maximum Gasteiger partial charge on any atom is 0.251 e. The Balaban J connectivity index is 1.50. The van der Waals surface area contributed by atoms with Gasteiger partial charge in [-0.2, -0.15) is 0 Å². The predicted octanol–water partition coefficient (Wildman–Crippen LogP) is 0.915. The summed E-state index contributed by atoms with van der Waals surface area (Å²) in [6, 6.07) is 4.79. The Morgan fingerprint density at radius 2 is 1.81 bits per heavy atom. The number of carbonyl (C=O) groups excluding carboxylic acids is 3. The molecule has 1 aromatic carbocycles. The van der Waals surface area contributed by atoms with E-state index in [9.17, 15) is 22.8 Å². The molecule has 1 saturated carbocycles. The Bertz CT molecular complexity index is 971. The largest absolute Gasteiger partial charge is 0.368 e. The molecular formula is C21H27N3O6S. The Morgan fingerprint density at radius 3 is 2.45 bits per heavy atom. The number of rotatable bonds is 6. The third-order valence-corrected chi connectivity index (χ3v) is 6.88. The summed E-state index contributed by atoms with van der Waals surface area (Å²) < 4.78 is 30.5. The van der Waals surface area contributed by atoms with Gasteiger partial charge in [0.2, 0.25) is 15.9 Å². The first-order valence-corrected chi connectivity index (χ1v) is 12.5. The lowest BCUT2D eigenvalue weighted by Crippen LogP contribution is -2.54. The molecule has 2 aliphatic heterocycles. The number of sulfonamides is 1. The van der Waals surface area contributed by atoms with E-state index in [1.807, 2.05) is 0 Å². The van der Waals surface area contributed by atoms with E-state index in [0.29, 0.717) is 24.2 Å². The van der Waals surface area contributed by atoms with Crippen LogP contribution in [-0.2, 0) is 24.3 Å². The summed E-state index contributed by atoms with van der Waals surface area (Å²) in [6.45, 7) is 0.484. The van der Waals surface area contributed by atoms with Crippen LogP contribution in [-0.4, -0.2) is 68.5 Å². The molecule has 0 spiro atoms. The van der Waals surface area contributed by atoms with E-state index in [-0.39, 0.29) is 30.3 Å². The normalized spacial score (nSPS) is 24.8. The van der Waals surface area contributed by atoms with Crippen molar-refractivity contribution in [1.82, 2.24) is 10.2 Å². The molecule has 3 aliphatic rings. The number of anilines is 1. The third-order valence-electron chi connectivity index (χ3n) is 6.27. The predicted molar refractivity (Wildman–Crippen MR) is 113 cm³/mol. The van der Waals surface area contributed by atoms with Crippen molar-refractivity contribution in [2.45, 2.75) is 50.3 Å². The van der Waals surface area contributed by atoms with Gasteiger partial charge < -0.3 is 15.0 Å². The summed E-state index contributed by atoms with van der Waals surface area (Å²) in [6.07, 6.45) is 5.14. The quantitative estimate of drug-likeness (QED) is 0.666. The van der Waals surface area contributed by atoms with E-state index in [1.54, 1.807) is 4.90 Å². The van der Waals surface area contributed by atoms with Crippen molar-refractivity contribution in [3.05, 3.63) is 29.8 Å². The summed E-state index contributed by atoms with van der Waals surface area (Å²) in [4.78, 5) is 40.2. The number of likely N-dealkylation sites (tertiary alicyclic amines) is 1. The van der Waals surface area contributed by atoms with Gasteiger partial charge in [0.1, 0.15) is 18.7 Å². The standard InChI is InChI=1S/C21H27N3O6S/c1-31(28,29)23-15-8-6-14(7-9-15)20(26)22-18(13-4-2-3-5-13)21(27)24-11-10-17-19(24)16(25)12-30-17/h6-9,13,17-19,23H,2-5,10-12H2,1H3,(H,22,26)/t17-,18+,19-/m1/s1. The van der Waals surface area contributed by atoms with Crippen molar-refractivity contribution in [2.24, 2.45) is 5.92 Å². The lowest BCUT2D eigenvalue weighted by atomic mass is 9.95. The number of nitrogens with one attached hydrogen (secondary N) is 2. The van der Waals surface area contributed by atoms with Crippen molar-refractivity contribution < 1.29 is 27.5 Å². The zero-order valence-corrected chi connectivity index (χ0v) is 18.2. The second-order valence-electron chi connectivity index (χ2n) is 8.53. The van der Waals surface area contributed by atoms with Gasteiger partial charge in [-0.3, -0.25) is 19.1 Å². The second-order valence-corrected chi connectivity index (χ2v) is 10.3. The van der Waals surface area contributed by atoms with E-state index in [2.05, 4.69) is 10.0 Å². The van der Waals surface area contributed by atoms with E-state index >= 15 is 0 Å². The van der Waals surface area contributed by atoms with Crippen LogP contribution in [0.4, 0.5) is 5.69 Å². The van der Waals surface area contributed by atoms with Crippen molar-refractivity contribution in [3.63, 3.8) is 0 Å². The summed E-state index contributed by atoms with van der Waals surface area (Å²) >= 11 is 0. The van der Waals surface area contributed by atoms with Gasteiger partial charge in [0.05, 0.1) is 12.4 Å². The molecule has 1 aliphatic carbocycles. The molecule has 0 aromatic heterocycles.